The summed E-state index contributed by atoms with van der Waals surface area (Å²) in [6.45, 7) is 39.2. The highest BCUT2D eigenvalue weighted by Gasteiger charge is 2.46. The van der Waals surface area contributed by atoms with Gasteiger partial charge in [0.1, 0.15) is 29.1 Å². The van der Waals surface area contributed by atoms with Gasteiger partial charge < -0.3 is 30.7 Å². The second-order valence-electron chi connectivity index (χ2n) is 41.2. The molecule has 9 aromatic rings. The molecule has 35 heteroatoms. The van der Waals surface area contributed by atoms with Gasteiger partial charge in [-0.1, -0.05) is 101 Å². The van der Waals surface area contributed by atoms with E-state index in [1.165, 1.54) is 36.4 Å². The van der Waals surface area contributed by atoms with Gasteiger partial charge in [-0.2, -0.15) is 29.6 Å². The molecule has 131 heavy (non-hydrogen) atoms. The van der Waals surface area contributed by atoms with Crippen molar-refractivity contribution in [1.29, 1.82) is 0 Å². The summed E-state index contributed by atoms with van der Waals surface area (Å²) in [6, 6.07) is 35.3. The molecule has 14 rings (SSSR count). The van der Waals surface area contributed by atoms with Crippen molar-refractivity contribution in [2.45, 2.75) is 274 Å². The molecule has 8 bridgehead atoms. The van der Waals surface area contributed by atoms with Crippen molar-refractivity contribution in [3.05, 3.63) is 216 Å². The molecule has 0 aromatic carbocycles. The maximum atomic E-state index is 14.8. The summed E-state index contributed by atoms with van der Waals surface area (Å²) in [6.07, 6.45) is 15.5. The standard InChI is InChI=1S/C36H48BrFN6O4S.2C30H37BrN6O3S/c1-34(2,3)20-31(45)44-22-23(19-36(44,7)8)12-14-26(18-25-15-13-24(37)21-39-25)40-29-10-9-11-30(42-29)49(47,48)43-33(46)27-16-17-28(35(4,5)6)41-32(27)38;2*1-29(2,3)24-14-13-23-27(34-24)37-18-19(16-30(37,4)5)9-11-22(15-21-12-10-20(31)17-32-21)33-25-7-6-8-26(35-25)41(39,40)36-28(23)38/h9-11,13,15-17,21,23,26H,12,14,18-20,22H2,1-8H3,(H,40,42)(H,43,46);2*6-8,10,12-14,17,19,22H,9,11,15-16,18H2,1-5H3,(H,33,35)(H,36,38)/t;2*19-,22?/m.00/s1. The number of anilines is 5. The smallest absolute Gasteiger partial charge is 0.281 e. The lowest BCUT2D eigenvalue weighted by Crippen LogP contribution is -2.43. The maximum Gasteiger partial charge on any atom is 0.281 e. The second-order valence-corrected chi connectivity index (χ2v) is 48.8. The third-order valence-corrected chi connectivity index (χ3v) is 29.4. The number of hydrogen-bond acceptors (Lipinski definition) is 24. The van der Waals surface area contributed by atoms with E-state index in [1.807, 2.05) is 78.9 Å². The van der Waals surface area contributed by atoms with Crippen molar-refractivity contribution in [2.75, 3.05) is 45.4 Å². The Bertz CT molecular complexity index is 5800. The number of amides is 4. The average molecular weight is 2040 g/mol. The Kier molecular flexibility index (Phi) is 30.6. The van der Waals surface area contributed by atoms with E-state index < -0.39 is 69.7 Å². The molecule has 5 aliphatic heterocycles. The van der Waals surface area contributed by atoms with Gasteiger partial charge in [-0.3, -0.25) is 34.1 Å². The first-order valence-corrected chi connectivity index (χ1v) is 51.2. The average Bonchev–Trinajstić information content (AvgIpc) is 1.67. The highest BCUT2D eigenvalue weighted by Crippen LogP contribution is 2.44. The van der Waals surface area contributed by atoms with Crippen LogP contribution in [0.1, 0.15) is 254 Å². The normalized spacial score (nSPS) is 20.2. The van der Waals surface area contributed by atoms with E-state index in [9.17, 15) is 48.8 Å². The topological polar surface area (TPSA) is 369 Å². The lowest BCUT2D eigenvalue weighted by molar-refractivity contribution is -0.136. The fraction of sp³-hybridized carbons (Fsp3) is 0.490. The second kappa shape index (κ2) is 39.9. The summed E-state index contributed by atoms with van der Waals surface area (Å²) in [5, 5.41) is 9.45. The van der Waals surface area contributed by atoms with Crippen LogP contribution >= 0.6 is 47.8 Å². The number of nitrogens with zero attached hydrogens (tertiary/aromatic N) is 12. The SMILES string of the molecule is CC(C)(C)CC(=O)N1CC(CCC(Cc2ccc(Br)cn2)Nc2cccc(S(=O)(=O)NC(=O)c3ccc(C(C)(C)C)nc3F)n2)CC1(C)C.CC(C)(C)c1ccc2c(n1)N1C[C@@H](CCC(Cc3ccc(Br)cn3)Nc3cccc(n3)S(=O)(=O)NC2=O)CC1(C)C.CC(C)(C)c1ccc2c(n1)N1C[C@@H](CCC(Cc3ccc(Br)cn3)Nc3cccc(n3)S(=O)(=O)NC2=O)CC1(C)C. The van der Waals surface area contributed by atoms with Crippen LogP contribution in [0.5, 0.6) is 0 Å². The molecule has 6 atom stereocenters. The summed E-state index contributed by atoms with van der Waals surface area (Å²) in [7, 11) is -12.9. The third kappa shape index (κ3) is 26.3. The Morgan fingerprint density at radius 1 is 0.527 bits per heavy atom. The van der Waals surface area contributed by atoms with E-state index in [-0.39, 0.29) is 78.1 Å². The van der Waals surface area contributed by atoms with E-state index in [0.29, 0.717) is 91.2 Å². The fourth-order valence-electron chi connectivity index (χ4n) is 17.6. The number of likely N-dealkylation sites (tertiary alicyclic amines) is 1. The first-order valence-electron chi connectivity index (χ1n) is 44.3. The van der Waals surface area contributed by atoms with Crippen LogP contribution in [-0.2, 0) is 70.4 Å². The predicted octanol–water partition coefficient (Wildman–Crippen LogP) is 18.0. The molecule has 0 spiro atoms. The third-order valence-electron chi connectivity index (χ3n) is 24.2. The van der Waals surface area contributed by atoms with Crippen molar-refractivity contribution in [2.24, 2.45) is 23.2 Å². The zero-order valence-corrected chi connectivity index (χ0v) is 85.0. The summed E-state index contributed by atoms with van der Waals surface area (Å²) >= 11 is 10.3. The molecule has 702 valence electrons. The number of carbonyl (C=O) groups is 4. The van der Waals surface area contributed by atoms with E-state index in [2.05, 4.69) is 222 Å². The van der Waals surface area contributed by atoms with Crippen molar-refractivity contribution in [1.82, 2.24) is 63.9 Å². The number of aromatic nitrogens is 9. The van der Waals surface area contributed by atoms with Crippen molar-refractivity contribution >= 4 is 131 Å². The number of pyridine rings is 9. The number of nitrogens with one attached hydrogen (secondary N) is 6. The van der Waals surface area contributed by atoms with Crippen LogP contribution in [0.25, 0.3) is 0 Å². The molecule has 6 N–H and O–H groups in total. The zero-order chi connectivity index (χ0) is 95.5. The molecule has 0 aliphatic carbocycles. The molecule has 0 radical (unpaired) electrons. The number of halogens is 4. The fourth-order valence-corrected chi connectivity index (χ4v) is 21.1. The van der Waals surface area contributed by atoms with Crippen LogP contribution in [0.3, 0.4) is 0 Å². The van der Waals surface area contributed by atoms with Crippen LogP contribution in [0.2, 0.25) is 0 Å². The highest BCUT2D eigenvalue weighted by molar-refractivity contribution is 9.11. The number of sulfonamides is 3. The summed E-state index contributed by atoms with van der Waals surface area (Å²) in [5.41, 5.74) is 2.96. The van der Waals surface area contributed by atoms with Gasteiger partial charge in [0.25, 0.3) is 47.8 Å². The van der Waals surface area contributed by atoms with Gasteiger partial charge in [0.15, 0.2) is 15.1 Å². The molecule has 0 saturated carbocycles. The van der Waals surface area contributed by atoms with Crippen LogP contribution < -0.4 is 39.9 Å². The van der Waals surface area contributed by atoms with E-state index in [1.54, 1.807) is 61.1 Å². The Hall–Kier alpha value is -9.55. The van der Waals surface area contributed by atoms with E-state index >= 15 is 0 Å². The Morgan fingerprint density at radius 3 is 1.40 bits per heavy atom. The van der Waals surface area contributed by atoms with Crippen LogP contribution in [0.15, 0.2) is 174 Å². The maximum absolute atomic E-state index is 14.8. The van der Waals surface area contributed by atoms with Crippen LogP contribution in [0.4, 0.5) is 33.5 Å². The van der Waals surface area contributed by atoms with Crippen molar-refractivity contribution in [3.63, 3.8) is 0 Å². The summed E-state index contributed by atoms with van der Waals surface area (Å²) in [4.78, 5) is 100. The Balaban J connectivity index is 0.000000178. The molecule has 14 heterocycles. The lowest BCUT2D eigenvalue weighted by Gasteiger charge is -2.34. The van der Waals surface area contributed by atoms with Gasteiger partial charge in [0.2, 0.25) is 11.9 Å². The summed E-state index contributed by atoms with van der Waals surface area (Å²) < 4.78 is 104. The largest absolute Gasteiger partial charge is 0.367 e. The first-order chi connectivity index (χ1) is 61.0. The first kappa shape index (κ1) is 100. The van der Waals surface area contributed by atoms with Gasteiger partial charge in [-0.05, 0) is 279 Å². The van der Waals surface area contributed by atoms with E-state index in [4.69, 9.17) is 9.97 Å². The summed E-state index contributed by atoms with van der Waals surface area (Å²) in [5.74, 6) is -0.257. The Morgan fingerprint density at radius 2 is 0.969 bits per heavy atom. The van der Waals surface area contributed by atoms with E-state index in [0.717, 1.165) is 106 Å². The number of rotatable bonds is 15. The molecule has 3 fully saturated rings. The minimum Gasteiger partial charge on any atom is -0.367 e. The van der Waals surface area contributed by atoms with Gasteiger partial charge in [0, 0.05) is 162 Å². The molecule has 9 aromatic heterocycles. The molecular formula is C96H122Br3FN18O10S3. The van der Waals surface area contributed by atoms with Gasteiger partial charge in [-0.25, -0.2) is 44.1 Å². The van der Waals surface area contributed by atoms with Crippen LogP contribution in [-0.4, -0.2) is 153 Å². The lowest BCUT2D eigenvalue weighted by atomic mass is 9.90. The molecule has 4 unspecified atom stereocenters. The number of carbonyl (C=O) groups excluding carboxylic acids is 4. The molecule has 4 amide bonds. The predicted molar refractivity (Wildman–Crippen MR) is 519 cm³/mol. The molecule has 5 aliphatic rings. The highest BCUT2D eigenvalue weighted by atomic mass is 79.9. The number of hydrogen-bond donors (Lipinski definition) is 6. The monoisotopic (exact) mass is 2040 g/mol. The number of fused-ring (bicyclic) bond motifs is 12. The van der Waals surface area contributed by atoms with Gasteiger partial charge in [-0.15, -0.1) is 0 Å². The zero-order valence-electron chi connectivity index (χ0n) is 77.8. The molecular weight excluding hydrogens is 1920 g/mol. The Labute approximate surface area is 796 Å². The quantitative estimate of drug-likeness (QED) is 0.0519. The van der Waals surface area contributed by atoms with Crippen molar-refractivity contribution < 1.29 is 48.8 Å². The molecule has 28 nitrogen and oxygen atoms in total. The van der Waals surface area contributed by atoms with Crippen molar-refractivity contribution in [3.8, 4) is 0 Å². The minimum atomic E-state index is -4.45. The van der Waals surface area contributed by atoms with Gasteiger partial charge >= 0.3 is 0 Å². The van der Waals surface area contributed by atoms with Crippen LogP contribution in [0, 0.1) is 29.1 Å². The van der Waals surface area contributed by atoms with Gasteiger partial charge in [0.05, 0.1) is 16.7 Å². The minimum absolute atomic E-state index is 0.0242. The molecule has 3 saturated heterocycles.